The number of carbonyl (C=O) groups is 1. The summed E-state index contributed by atoms with van der Waals surface area (Å²) in [6, 6.07) is 0. The maximum absolute atomic E-state index is 13.0. The largest absolute Gasteiger partial charge is 0.465 e. The molecule has 0 spiro atoms. The third kappa shape index (κ3) is 2.13. The Balaban J connectivity index is 1.93. The number of aromatic nitrogens is 2. The van der Waals surface area contributed by atoms with Crippen molar-refractivity contribution in [1.29, 1.82) is 0 Å². The molecule has 0 bridgehead atoms. The Bertz CT molecular complexity index is 513. The van der Waals surface area contributed by atoms with Crippen molar-refractivity contribution in [1.82, 2.24) is 9.78 Å². The van der Waals surface area contributed by atoms with Crippen molar-refractivity contribution in [3.05, 3.63) is 17.0 Å². The molecule has 4 nitrogen and oxygen atoms in total. The van der Waals surface area contributed by atoms with E-state index >= 15 is 0 Å². The molecule has 0 radical (unpaired) electrons. The zero-order chi connectivity index (χ0) is 13.6. The molecule has 19 heavy (non-hydrogen) atoms. The molecule has 3 rings (SSSR count). The van der Waals surface area contributed by atoms with Gasteiger partial charge in [0.1, 0.15) is 12.2 Å². The van der Waals surface area contributed by atoms with Crippen LogP contribution in [-0.2, 0) is 22.5 Å². The summed E-state index contributed by atoms with van der Waals surface area (Å²) in [5.74, 6) is 0.491. The average Bonchev–Trinajstić information content (AvgIpc) is 3.05. The Kier molecular flexibility index (Phi) is 3.03. The first-order valence-corrected chi connectivity index (χ1v) is 6.65. The summed E-state index contributed by atoms with van der Waals surface area (Å²) in [6.45, 7) is 1.94. The number of alkyl halides is 2. The second kappa shape index (κ2) is 4.58. The van der Waals surface area contributed by atoms with Crippen LogP contribution >= 0.6 is 0 Å². The molecule has 0 amide bonds. The van der Waals surface area contributed by atoms with Crippen LogP contribution < -0.4 is 0 Å². The van der Waals surface area contributed by atoms with E-state index in [1.54, 1.807) is 6.92 Å². The maximum atomic E-state index is 13.0. The van der Waals surface area contributed by atoms with Gasteiger partial charge in [-0.05, 0) is 32.1 Å². The number of hydrogen-bond acceptors (Lipinski definition) is 3. The summed E-state index contributed by atoms with van der Waals surface area (Å²) in [5, 5.41) is 3.96. The fraction of sp³-hybridized carbons (Fsp3) is 0.692. The molecule has 6 heteroatoms. The van der Waals surface area contributed by atoms with E-state index in [4.69, 9.17) is 4.74 Å². The number of ether oxygens (including phenoxy) is 1. The van der Waals surface area contributed by atoms with Crippen LogP contribution in [0.15, 0.2) is 0 Å². The molecule has 0 aromatic carbocycles. The minimum atomic E-state index is -2.58. The fourth-order valence-electron chi connectivity index (χ4n) is 3.06. The topological polar surface area (TPSA) is 44.1 Å². The Labute approximate surface area is 109 Å². The number of carbonyl (C=O) groups excluding carboxylic acids is 1. The van der Waals surface area contributed by atoms with Gasteiger partial charge in [-0.3, -0.25) is 9.48 Å². The number of fused-ring (bicyclic) bond motifs is 3. The molecule has 1 heterocycles. The van der Waals surface area contributed by atoms with Gasteiger partial charge in [0.25, 0.3) is 6.43 Å². The zero-order valence-corrected chi connectivity index (χ0v) is 10.7. The van der Waals surface area contributed by atoms with Gasteiger partial charge in [0.15, 0.2) is 0 Å². The van der Waals surface area contributed by atoms with E-state index in [9.17, 15) is 13.6 Å². The van der Waals surface area contributed by atoms with Gasteiger partial charge < -0.3 is 4.74 Å². The predicted molar refractivity (Wildman–Crippen MR) is 63.0 cm³/mol. The van der Waals surface area contributed by atoms with Gasteiger partial charge in [0, 0.05) is 17.2 Å². The monoisotopic (exact) mass is 270 g/mol. The van der Waals surface area contributed by atoms with Gasteiger partial charge in [-0.15, -0.1) is 0 Å². The SMILES string of the molecule is CCOC(=O)Cn1nc(C(F)F)c2c1C1CC1CC2. The number of esters is 1. The molecule has 1 aromatic rings. The van der Waals surface area contributed by atoms with Crippen LogP contribution in [0.2, 0.25) is 0 Å². The van der Waals surface area contributed by atoms with E-state index < -0.39 is 12.4 Å². The number of nitrogens with zero attached hydrogens (tertiary/aromatic N) is 2. The minimum Gasteiger partial charge on any atom is -0.465 e. The fourth-order valence-corrected chi connectivity index (χ4v) is 3.06. The van der Waals surface area contributed by atoms with Gasteiger partial charge in [-0.1, -0.05) is 0 Å². The molecule has 0 saturated heterocycles. The van der Waals surface area contributed by atoms with Gasteiger partial charge >= 0.3 is 5.97 Å². The lowest BCUT2D eigenvalue weighted by atomic mass is 9.96. The van der Waals surface area contributed by atoms with Crippen molar-refractivity contribution in [3.8, 4) is 0 Å². The van der Waals surface area contributed by atoms with E-state index in [-0.39, 0.29) is 18.8 Å². The highest BCUT2D eigenvalue weighted by Crippen LogP contribution is 2.55. The van der Waals surface area contributed by atoms with Crippen LogP contribution in [0.3, 0.4) is 0 Å². The number of halogens is 2. The van der Waals surface area contributed by atoms with Crippen LogP contribution in [0.5, 0.6) is 0 Å². The van der Waals surface area contributed by atoms with Crippen LogP contribution in [0.25, 0.3) is 0 Å². The van der Waals surface area contributed by atoms with Crippen molar-refractivity contribution in [3.63, 3.8) is 0 Å². The minimum absolute atomic E-state index is 0.0634. The molecule has 1 aromatic heterocycles. The van der Waals surface area contributed by atoms with Crippen LogP contribution in [0.4, 0.5) is 8.78 Å². The van der Waals surface area contributed by atoms with Crippen LogP contribution in [0.1, 0.15) is 49.1 Å². The summed E-state index contributed by atoms with van der Waals surface area (Å²) in [6.07, 6.45) is 0.0681. The summed E-state index contributed by atoms with van der Waals surface area (Å²) in [5.41, 5.74) is 1.36. The molecule has 1 fully saturated rings. The molecule has 1 saturated carbocycles. The van der Waals surface area contributed by atoms with Gasteiger partial charge in [0.05, 0.1) is 6.61 Å². The van der Waals surface area contributed by atoms with E-state index in [2.05, 4.69) is 5.10 Å². The van der Waals surface area contributed by atoms with Gasteiger partial charge in [-0.25, -0.2) is 8.78 Å². The molecule has 2 aliphatic rings. The Morgan fingerprint density at radius 1 is 1.58 bits per heavy atom. The van der Waals surface area contributed by atoms with Crippen molar-refractivity contribution < 1.29 is 18.3 Å². The number of hydrogen-bond donors (Lipinski definition) is 0. The zero-order valence-electron chi connectivity index (χ0n) is 10.7. The Morgan fingerprint density at radius 3 is 3.05 bits per heavy atom. The Hall–Kier alpha value is -1.46. The first-order chi connectivity index (χ1) is 9.11. The first kappa shape index (κ1) is 12.6. The average molecular weight is 270 g/mol. The normalized spacial score (nSPS) is 24.0. The smallest absolute Gasteiger partial charge is 0.327 e. The Morgan fingerprint density at radius 2 is 2.37 bits per heavy atom. The van der Waals surface area contributed by atoms with Crippen molar-refractivity contribution >= 4 is 5.97 Å². The van der Waals surface area contributed by atoms with Crippen molar-refractivity contribution in [2.45, 2.75) is 45.1 Å². The quantitative estimate of drug-likeness (QED) is 0.789. The lowest BCUT2D eigenvalue weighted by molar-refractivity contribution is -0.144. The molecule has 0 N–H and O–H groups in total. The summed E-state index contributed by atoms with van der Waals surface area (Å²) < 4.78 is 32.3. The first-order valence-electron chi connectivity index (χ1n) is 6.65. The second-order valence-electron chi connectivity index (χ2n) is 5.15. The highest BCUT2D eigenvalue weighted by atomic mass is 19.3. The van der Waals surface area contributed by atoms with E-state index in [0.29, 0.717) is 23.8 Å². The van der Waals surface area contributed by atoms with Crippen LogP contribution in [-0.4, -0.2) is 22.4 Å². The van der Waals surface area contributed by atoms with Crippen LogP contribution in [0, 0.1) is 5.92 Å². The third-order valence-electron chi connectivity index (χ3n) is 3.95. The molecular formula is C13H16F2N2O2. The maximum Gasteiger partial charge on any atom is 0.327 e. The molecule has 2 unspecified atom stereocenters. The summed E-state index contributed by atoms with van der Waals surface area (Å²) >= 11 is 0. The molecule has 0 aliphatic heterocycles. The molecule has 104 valence electrons. The summed E-state index contributed by atoms with van der Waals surface area (Å²) in [7, 11) is 0. The predicted octanol–water partition coefficient (Wildman–Crippen LogP) is 2.43. The lowest BCUT2D eigenvalue weighted by Crippen LogP contribution is -2.17. The van der Waals surface area contributed by atoms with E-state index in [0.717, 1.165) is 18.5 Å². The van der Waals surface area contributed by atoms with Crippen molar-refractivity contribution in [2.75, 3.05) is 6.61 Å². The van der Waals surface area contributed by atoms with E-state index in [1.807, 2.05) is 0 Å². The molecule has 2 aliphatic carbocycles. The van der Waals surface area contributed by atoms with E-state index in [1.165, 1.54) is 4.68 Å². The lowest BCUT2D eigenvalue weighted by Gasteiger charge is -2.13. The standard InChI is InChI=1S/C13H16F2N2O2/c1-2-19-10(18)6-17-12-8(11(16-17)13(14)15)4-3-7-5-9(7)12/h7,9,13H,2-6H2,1H3. The second-order valence-corrected chi connectivity index (χ2v) is 5.15. The highest BCUT2D eigenvalue weighted by Gasteiger charge is 2.46. The number of rotatable bonds is 4. The summed E-state index contributed by atoms with van der Waals surface area (Å²) in [4.78, 5) is 11.5. The van der Waals surface area contributed by atoms with Gasteiger partial charge in [0.2, 0.25) is 0 Å². The molecular weight excluding hydrogens is 254 g/mol. The van der Waals surface area contributed by atoms with Gasteiger partial charge in [-0.2, -0.15) is 5.10 Å². The third-order valence-corrected chi connectivity index (χ3v) is 3.95. The highest BCUT2D eigenvalue weighted by molar-refractivity contribution is 5.69. The van der Waals surface area contributed by atoms with Crippen molar-refractivity contribution in [2.24, 2.45) is 5.92 Å². The molecule has 2 atom stereocenters.